The van der Waals surface area contributed by atoms with Gasteiger partial charge in [-0.15, -0.1) is 11.3 Å². The van der Waals surface area contributed by atoms with E-state index in [1.807, 2.05) is 18.2 Å². The number of hydrogen-bond acceptors (Lipinski definition) is 8. The Morgan fingerprint density at radius 1 is 1.06 bits per heavy atom. The van der Waals surface area contributed by atoms with E-state index >= 15 is 0 Å². The largest absolute Gasteiger partial charge is 0.485 e. The van der Waals surface area contributed by atoms with Gasteiger partial charge in [0.25, 0.3) is 17.7 Å². The third-order valence-corrected chi connectivity index (χ3v) is 6.24. The van der Waals surface area contributed by atoms with E-state index in [9.17, 15) is 19.2 Å². The molecule has 0 radical (unpaired) electrons. The highest BCUT2D eigenvalue weighted by atomic mass is 35.5. The van der Waals surface area contributed by atoms with Crippen molar-refractivity contribution in [3.63, 3.8) is 0 Å². The van der Waals surface area contributed by atoms with Gasteiger partial charge in [0, 0.05) is 10.1 Å². The number of amides is 3. The van der Waals surface area contributed by atoms with Crippen LogP contribution in [-0.4, -0.2) is 49.6 Å². The number of esters is 1. The van der Waals surface area contributed by atoms with Crippen LogP contribution in [0.1, 0.15) is 9.67 Å². The summed E-state index contributed by atoms with van der Waals surface area (Å²) in [6, 6.07) is 14.1. The lowest BCUT2D eigenvalue weighted by atomic mass is 10.2. The molecule has 11 heteroatoms. The summed E-state index contributed by atoms with van der Waals surface area (Å²) >= 11 is 7.44. The first-order valence-corrected chi connectivity index (χ1v) is 10.9. The molecular weight excluding hydrogens is 472 g/mol. The van der Waals surface area contributed by atoms with Crippen molar-refractivity contribution in [3.8, 4) is 11.5 Å². The molecular formula is C22H17ClN2O7S. The van der Waals surface area contributed by atoms with Crippen LogP contribution in [0.5, 0.6) is 11.5 Å². The van der Waals surface area contributed by atoms with Crippen LogP contribution in [0.3, 0.4) is 0 Å². The van der Waals surface area contributed by atoms with Crippen molar-refractivity contribution in [2.24, 2.45) is 0 Å². The summed E-state index contributed by atoms with van der Waals surface area (Å²) in [5, 5.41) is 5.54. The molecule has 0 aliphatic carbocycles. The molecule has 0 unspecified atom stereocenters. The highest BCUT2D eigenvalue weighted by Crippen LogP contribution is 2.35. The van der Waals surface area contributed by atoms with Crippen LogP contribution in [0.4, 0.5) is 0 Å². The summed E-state index contributed by atoms with van der Waals surface area (Å²) < 4.78 is 16.6. The van der Waals surface area contributed by atoms with Crippen LogP contribution >= 0.6 is 22.9 Å². The van der Waals surface area contributed by atoms with E-state index in [0.29, 0.717) is 16.5 Å². The molecule has 1 aliphatic rings. The monoisotopic (exact) mass is 488 g/mol. The zero-order valence-electron chi connectivity index (χ0n) is 17.0. The molecule has 2 aromatic carbocycles. The molecule has 9 nitrogen and oxygen atoms in total. The van der Waals surface area contributed by atoms with Gasteiger partial charge in [-0.25, -0.2) is 0 Å². The van der Waals surface area contributed by atoms with Gasteiger partial charge in [0.1, 0.15) is 18.0 Å². The average molecular weight is 489 g/mol. The van der Waals surface area contributed by atoms with Crippen LogP contribution in [-0.2, 0) is 19.1 Å². The standard InChI is InChI=1S/C22H17ClN2O7S/c23-19-12-5-1-4-8-16(12)33-20(19)22(29)24-9-18(27)31-11-17(26)25-21(28)15-10-30-13-6-2-3-7-14(13)32-15/h1-8,15H,9-11H2,(H,24,29)(H,25,26,28)/t15-/m0/s1. The fourth-order valence-corrected chi connectivity index (χ4v) is 4.43. The first-order chi connectivity index (χ1) is 15.9. The van der Waals surface area contributed by atoms with Gasteiger partial charge in [0.2, 0.25) is 6.10 Å². The van der Waals surface area contributed by atoms with Crippen LogP contribution in [0.25, 0.3) is 10.1 Å². The van der Waals surface area contributed by atoms with E-state index in [0.717, 1.165) is 10.1 Å². The number of halogens is 1. The van der Waals surface area contributed by atoms with Gasteiger partial charge in [0.15, 0.2) is 18.1 Å². The lowest BCUT2D eigenvalue weighted by molar-refractivity contribution is -0.149. The summed E-state index contributed by atoms with van der Waals surface area (Å²) in [6.45, 7) is -1.24. The minimum atomic E-state index is -1.02. The van der Waals surface area contributed by atoms with Gasteiger partial charge < -0.3 is 19.5 Å². The molecule has 4 rings (SSSR count). The number of para-hydroxylation sites is 2. The normalized spacial score (nSPS) is 14.4. The Balaban J connectivity index is 1.21. The summed E-state index contributed by atoms with van der Waals surface area (Å²) in [4.78, 5) is 48.6. The Kier molecular flexibility index (Phi) is 6.76. The molecule has 33 heavy (non-hydrogen) atoms. The molecule has 0 spiro atoms. The molecule has 0 saturated carbocycles. The number of ether oxygens (including phenoxy) is 3. The molecule has 1 atom stereocenters. The van der Waals surface area contributed by atoms with Gasteiger partial charge >= 0.3 is 5.97 Å². The minimum Gasteiger partial charge on any atom is -0.485 e. The molecule has 0 bridgehead atoms. The quantitative estimate of drug-likeness (QED) is 0.511. The van der Waals surface area contributed by atoms with Crippen molar-refractivity contribution in [1.82, 2.24) is 10.6 Å². The van der Waals surface area contributed by atoms with E-state index in [4.69, 9.17) is 25.8 Å². The maximum absolute atomic E-state index is 12.3. The van der Waals surface area contributed by atoms with E-state index in [2.05, 4.69) is 10.6 Å². The fraction of sp³-hybridized carbons (Fsp3) is 0.182. The van der Waals surface area contributed by atoms with Crippen LogP contribution in [0, 0.1) is 0 Å². The van der Waals surface area contributed by atoms with Crippen molar-refractivity contribution in [1.29, 1.82) is 0 Å². The van der Waals surface area contributed by atoms with Gasteiger partial charge in [-0.2, -0.15) is 0 Å². The summed E-state index contributed by atoms with van der Waals surface area (Å²) in [5.74, 6) is -2.06. The lowest BCUT2D eigenvalue weighted by Gasteiger charge is -2.25. The highest BCUT2D eigenvalue weighted by Gasteiger charge is 2.28. The lowest BCUT2D eigenvalue weighted by Crippen LogP contribution is -2.47. The van der Waals surface area contributed by atoms with Gasteiger partial charge in [-0.05, 0) is 18.2 Å². The second-order valence-electron chi connectivity index (χ2n) is 6.86. The number of rotatable bonds is 6. The Labute approximate surface area is 196 Å². The predicted octanol–water partition coefficient (Wildman–Crippen LogP) is 2.31. The SMILES string of the molecule is O=C(COC(=O)CNC(=O)c1sc2ccccc2c1Cl)NC(=O)[C@@H]1COc2ccccc2O1. The summed E-state index contributed by atoms with van der Waals surface area (Å²) in [6.07, 6.45) is -1.02. The van der Waals surface area contributed by atoms with Crippen molar-refractivity contribution < 1.29 is 33.4 Å². The topological polar surface area (TPSA) is 120 Å². The van der Waals surface area contributed by atoms with E-state index in [1.54, 1.807) is 30.3 Å². The summed E-state index contributed by atoms with van der Waals surface area (Å²) in [7, 11) is 0. The van der Waals surface area contributed by atoms with Crippen LogP contribution in [0.15, 0.2) is 48.5 Å². The van der Waals surface area contributed by atoms with E-state index < -0.39 is 42.9 Å². The zero-order chi connectivity index (χ0) is 23.4. The molecule has 3 aromatic rings. The number of carbonyl (C=O) groups excluding carboxylic acids is 4. The summed E-state index contributed by atoms with van der Waals surface area (Å²) in [5.41, 5.74) is 0. The third kappa shape index (κ3) is 5.24. The van der Waals surface area contributed by atoms with Crippen LogP contribution in [0.2, 0.25) is 5.02 Å². The number of carbonyl (C=O) groups is 4. The predicted molar refractivity (Wildman–Crippen MR) is 120 cm³/mol. The van der Waals surface area contributed by atoms with E-state index in [1.165, 1.54) is 11.3 Å². The second kappa shape index (κ2) is 9.88. The number of fused-ring (bicyclic) bond motifs is 2. The number of nitrogens with one attached hydrogen (secondary N) is 2. The smallest absolute Gasteiger partial charge is 0.325 e. The van der Waals surface area contributed by atoms with Crippen molar-refractivity contribution in [2.75, 3.05) is 19.8 Å². The highest BCUT2D eigenvalue weighted by molar-refractivity contribution is 7.21. The zero-order valence-corrected chi connectivity index (χ0v) is 18.5. The Morgan fingerprint density at radius 2 is 1.79 bits per heavy atom. The van der Waals surface area contributed by atoms with Crippen molar-refractivity contribution in [3.05, 3.63) is 58.4 Å². The molecule has 170 valence electrons. The number of imide groups is 1. The minimum absolute atomic E-state index is 0.0672. The van der Waals surface area contributed by atoms with E-state index in [-0.39, 0.29) is 11.5 Å². The molecule has 3 amide bonds. The number of benzene rings is 2. The average Bonchev–Trinajstić information content (AvgIpc) is 3.17. The Hall–Kier alpha value is -3.63. The molecule has 0 saturated heterocycles. The Bertz CT molecular complexity index is 1240. The Morgan fingerprint density at radius 3 is 2.58 bits per heavy atom. The molecule has 2 N–H and O–H groups in total. The van der Waals surface area contributed by atoms with Gasteiger partial charge in [0.05, 0.1) is 5.02 Å². The maximum atomic E-state index is 12.3. The molecule has 0 fully saturated rings. The van der Waals surface area contributed by atoms with Gasteiger partial charge in [-0.3, -0.25) is 24.5 Å². The number of hydrogen-bond donors (Lipinski definition) is 2. The fourth-order valence-electron chi connectivity index (χ4n) is 2.99. The molecule has 1 aliphatic heterocycles. The first kappa shape index (κ1) is 22.6. The van der Waals surface area contributed by atoms with Gasteiger partial charge in [-0.1, -0.05) is 41.9 Å². The maximum Gasteiger partial charge on any atom is 0.325 e. The number of thiophene rings is 1. The third-order valence-electron chi connectivity index (χ3n) is 4.56. The van der Waals surface area contributed by atoms with Crippen molar-refractivity contribution >= 4 is 56.7 Å². The molecule has 2 heterocycles. The second-order valence-corrected chi connectivity index (χ2v) is 8.29. The van der Waals surface area contributed by atoms with Crippen LogP contribution < -0.4 is 20.1 Å². The van der Waals surface area contributed by atoms with Crippen molar-refractivity contribution in [2.45, 2.75) is 6.10 Å². The first-order valence-electron chi connectivity index (χ1n) is 9.75. The molecule has 1 aromatic heterocycles.